The van der Waals surface area contributed by atoms with Gasteiger partial charge in [-0.1, -0.05) is 154 Å². The Morgan fingerprint density at radius 1 is 0.595 bits per heavy atom. The highest BCUT2D eigenvalue weighted by atomic mass is 35.5. The van der Waals surface area contributed by atoms with Gasteiger partial charge in [0.05, 0.1) is 6.10 Å². The lowest BCUT2D eigenvalue weighted by Gasteiger charge is -2.05. The molecule has 1 N–H and O–H groups in total. The molecule has 0 radical (unpaired) electrons. The third-order valence-electron chi connectivity index (χ3n) is 6.43. The van der Waals surface area contributed by atoms with Gasteiger partial charge in [0.25, 0.3) is 0 Å². The monoisotopic (exact) mass is 548 g/mol. The third kappa shape index (κ3) is 39.7. The summed E-state index contributed by atoms with van der Waals surface area (Å²) in [5.74, 6) is 0.232. The summed E-state index contributed by atoms with van der Waals surface area (Å²) in [6.45, 7) is 8.13. The van der Waals surface area contributed by atoms with Crippen molar-refractivity contribution in [3.8, 4) is 0 Å². The Hall–Kier alpha value is -0.970. The van der Waals surface area contributed by atoms with E-state index in [1.807, 2.05) is 0 Å². The molecule has 0 aliphatic carbocycles. The first-order valence-electron chi connectivity index (χ1n) is 15.4. The van der Waals surface area contributed by atoms with Crippen LogP contribution in [0.15, 0.2) is 0 Å². The van der Waals surface area contributed by atoms with Gasteiger partial charge in [0.2, 0.25) is 0 Å². The first-order chi connectivity index (χ1) is 17.8. The molecule has 0 spiro atoms. The summed E-state index contributed by atoms with van der Waals surface area (Å²) in [5, 5.41) is 8.59. The lowest BCUT2D eigenvalue weighted by molar-refractivity contribution is -0.137. The molecule has 0 saturated carbocycles. The van der Waals surface area contributed by atoms with E-state index in [1.54, 1.807) is 13.8 Å². The van der Waals surface area contributed by atoms with Gasteiger partial charge in [0, 0.05) is 6.42 Å². The fourth-order valence-corrected chi connectivity index (χ4v) is 4.37. The number of carboxylic acid groups (broad SMARTS) is 1. The highest BCUT2D eigenvalue weighted by molar-refractivity contribution is 6.17. The fourth-order valence-electron chi connectivity index (χ4n) is 4.28. The summed E-state index contributed by atoms with van der Waals surface area (Å²) in [4.78, 5) is 20.7. The average Bonchev–Trinajstić information content (AvgIpc) is 2.82. The van der Waals surface area contributed by atoms with Crippen LogP contribution in [0.4, 0.5) is 4.79 Å². The number of halogens is 1. The molecule has 0 saturated heterocycles. The number of ether oxygens (including phenoxy) is 2. The van der Waals surface area contributed by atoms with Gasteiger partial charge in [-0.15, -0.1) is 0 Å². The summed E-state index contributed by atoms with van der Waals surface area (Å²) in [7, 11) is 0. The summed E-state index contributed by atoms with van der Waals surface area (Å²) in [6.07, 6.45) is 28.2. The number of aliphatic carboxylic acids is 1. The van der Waals surface area contributed by atoms with E-state index in [2.05, 4.69) is 23.3 Å². The average molecular weight is 549 g/mol. The number of alkyl halides is 1. The first-order valence-corrected chi connectivity index (χ1v) is 15.9. The summed E-state index contributed by atoms with van der Waals surface area (Å²) < 4.78 is 8.80. The molecular weight excluding hydrogens is 488 g/mol. The zero-order valence-electron chi connectivity index (χ0n) is 24.9. The van der Waals surface area contributed by atoms with Gasteiger partial charge in [-0.05, 0) is 26.2 Å². The number of carboxylic acids is 1. The smallest absolute Gasteiger partial charge is 0.481 e. The quantitative estimate of drug-likeness (QED) is 0.0697. The van der Waals surface area contributed by atoms with E-state index in [0.29, 0.717) is 6.42 Å². The molecule has 0 rings (SSSR count). The number of hydrogen-bond donors (Lipinski definition) is 1. The van der Waals surface area contributed by atoms with Crippen LogP contribution in [0.5, 0.6) is 0 Å². The van der Waals surface area contributed by atoms with E-state index in [-0.39, 0.29) is 12.2 Å². The number of unbranched alkanes of at least 4 members (excludes halogenated alkanes) is 19. The second-order valence-electron chi connectivity index (χ2n) is 11.1. The maximum atomic E-state index is 10.4. The van der Waals surface area contributed by atoms with Gasteiger partial charge in [-0.2, -0.15) is 0 Å². The van der Waals surface area contributed by atoms with Gasteiger partial charge in [0.15, 0.2) is 6.07 Å². The maximum Gasteiger partial charge on any atom is 0.509 e. The van der Waals surface area contributed by atoms with Crippen molar-refractivity contribution in [1.29, 1.82) is 0 Å². The highest BCUT2D eigenvalue weighted by Crippen LogP contribution is 2.16. The number of carbonyl (C=O) groups excluding carboxylic acids is 1. The highest BCUT2D eigenvalue weighted by Gasteiger charge is 2.03. The van der Waals surface area contributed by atoms with Crippen molar-refractivity contribution in [3.05, 3.63) is 0 Å². The predicted molar refractivity (Wildman–Crippen MR) is 157 cm³/mol. The largest absolute Gasteiger partial charge is 0.509 e. The Bertz CT molecular complexity index is 482. The molecule has 0 aromatic rings. The van der Waals surface area contributed by atoms with Crippen molar-refractivity contribution in [2.24, 2.45) is 5.92 Å². The normalized spacial score (nSPS) is 10.9. The molecule has 0 unspecified atom stereocenters. The van der Waals surface area contributed by atoms with E-state index in [1.165, 1.54) is 122 Å². The molecule has 0 aliphatic heterocycles. The summed E-state index contributed by atoms with van der Waals surface area (Å²) in [5.41, 5.74) is 0. The van der Waals surface area contributed by atoms with Gasteiger partial charge in [0.1, 0.15) is 0 Å². The van der Waals surface area contributed by atoms with E-state index < -0.39 is 12.1 Å². The molecular formula is C31H61ClO5. The maximum absolute atomic E-state index is 10.4. The Balaban J connectivity index is 0. The predicted octanol–water partition coefficient (Wildman–Crippen LogP) is 11.1. The van der Waals surface area contributed by atoms with Crippen molar-refractivity contribution < 1.29 is 24.2 Å². The van der Waals surface area contributed by atoms with Crippen LogP contribution in [0.25, 0.3) is 0 Å². The second-order valence-corrected chi connectivity index (χ2v) is 11.3. The van der Waals surface area contributed by atoms with Crippen LogP contribution in [-0.4, -0.2) is 29.4 Å². The lowest BCUT2D eigenvalue weighted by atomic mass is 10.0. The van der Waals surface area contributed by atoms with E-state index >= 15 is 0 Å². The molecule has 0 fully saturated rings. The standard InChI is InChI=1S/C26H52O2.C5H9ClO3/c1-25(2)23-21-19-17-15-13-11-9-7-5-3-4-6-8-10-12-14-16-18-20-22-24-26(27)28;1-4(2)9-5(7)8-3-6/h25H,3-24H2,1-2H3,(H,27,28);4H,3H2,1-2H3. The second kappa shape index (κ2) is 31.2. The van der Waals surface area contributed by atoms with Crippen LogP contribution in [0, 0.1) is 5.92 Å². The Morgan fingerprint density at radius 2 is 0.919 bits per heavy atom. The van der Waals surface area contributed by atoms with Crippen LogP contribution in [0.1, 0.15) is 169 Å². The van der Waals surface area contributed by atoms with Crippen molar-refractivity contribution in [3.63, 3.8) is 0 Å². The van der Waals surface area contributed by atoms with Gasteiger partial charge >= 0.3 is 12.1 Å². The fraction of sp³-hybridized carbons (Fsp3) is 0.935. The number of rotatable bonds is 25. The Morgan fingerprint density at radius 3 is 1.19 bits per heavy atom. The SMILES string of the molecule is CC(C)CCCCCCCCCCCCCCCCCCCCCCC(=O)O.CC(C)OC(=O)OCCl. The van der Waals surface area contributed by atoms with Crippen molar-refractivity contribution in [1.82, 2.24) is 0 Å². The topological polar surface area (TPSA) is 72.8 Å². The molecule has 0 aromatic carbocycles. The van der Waals surface area contributed by atoms with Crippen LogP contribution in [0.3, 0.4) is 0 Å². The Kier molecular flexibility index (Phi) is 32.2. The molecule has 6 heteroatoms. The third-order valence-corrected chi connectivity index (χ3v) is 6.54. The van der Waals surface area contributed by atoms with Gasteiger partial charge < -0.3 is 14.6 Å². The molecule has 0 bridgehead atoms. The summed E-state index contributed by atoms with van der Waals surface area (Å²) in [6, 6.07) is -0.161. The molecule has 5 nitrogen and oxygen atoms in total. The lowest BCUT2D eigenvalue weighted by Crippen LogP contribution is -2.11. The van der Waals surface area contributed by atoms with Crippen molar-refractivity contribution in [2.75, 3.05) is 6.07 Å². The molecule has 0 atom stereocenters. The molecule has 0 amide bonds. The minimum atomic E-state index is -0.722. The van der Waals surface area contributed by atoms with Crippen LogP contribution >= 0.6 is 11.6 Å². The van der Waals surface area contributed by atoms with E-state index in [4.69, 9.17) is 16.7 Å². The molecule has 37 heavy (non-hydrogen) atoms. The van der Waals surface area contributed by atoms with Crippen molar-refractivity contribution in [2.45, 2.75) is 175 Å². The van der Waals surface area contributed by atoms with Crippen LogP contribution in [-0.2, 0) is 14.3 Å². The van der Waals surface area contributed by atoms with Crippen molar-refractivity contribution >= 4 is 23.7 Å². The number of hydrogen-bond acceptors (Lipinski definition) is 4. The Labute approximate surface area is 234 Å². The zero-order valence-corrected chi connectivity index (χ0v) is 25.6. The minimum absolute atomic E-state index is 0.152. The van der Waals surface area contributed by atoms with Gasteiger partial charge in [-0.3, -0.25) is 4.79 Å². The minimum Gasteiger partial charge on any atom is -0.481 e. The first kappa shape index (κ1) is 38.2. The molecule has 222 valence electrons. The van der Waals surface area contributed by atoms with Crippen LogP contribution in [0.2, 0.25) is 0 Å². The van der Waals surface area contributed by atoms with Crippen LogP contribution < -0.4 is 0 Å². The molecule has 0 aliphatic rings. The van der Waals surface area contributed by atoms with E-state index in [0.717, 1.165) is 18.8 Å². The van der Waals surface area contributed by atoms with Gasteiger partial charge in [-0.25, -0.2) is 4.79 Å². The number of carbonyl (C=O) groups is 2. The summed E-state index contributed by atoms with van der Waals surface area (Å²) >= 11 is 5.06. The molecule has 0 aromatic heterocycles. The molecule has 0 heterocycles. The zero-order chi connectivity index (χ0) is 28.0. The van der Waals surface area contributed by atoms with E-state index in [9.17, 15) is 9.59 Å².